The Morgan fingerprint density at radius 1 is 1.50 bits per heavy atom. The molecule has 0 aromatic heterocycles. The molecule has 1 saturated carbocycles. The summed E-state index contributed by atoms with van der Waals surface area (Å²) in [4.78, 5) is 12.0. The van der Waals surface area contributed by atoms with Crippen molar-refractivity contribution in [1.29, 1.82) is 0 Å². The molecule has 0 aliphatic heterocycles. The molecule has 1 aromatic rings. The number of anilines is 2. The molecule has 0 radical (unpaired) electrons. The van der Waals surface area contributed by atoms with Crippen LogP contribution in [0.2, 0.25) is 0 Å². The first-order chi connectivity index (χ1) is 8.54. The largest absolute Gasteiger partial charge is 0.397 e. The van der Waals surface area contributed by atoms with Crippen molar-refractivity contribution < 1.29 is 9.53 Å². The second-order valence-electron chi connectivity index (χ2n) is 5.06. The summed E-state index contributed by atoms with van der Waals surface area (Å²) in [7, 11) is 1.67. The molecule has 18 heavy (non-hydrogen) atoms. The Labute approximate surface area is 108 Å². The number of carbonyl (C=O) groups is 1. The fourth-order valence-corrected chi connectivity index (χ4v) is 2.29. The van der Waals surface area contributed by atoms with Crippen molar-refractivity contribution >= 4 is 17.3 Å². The third-order valence-electron chi connectivity index (χ3n) is 3.66. The summed E-state index contributed by atoms with van der Waals surface area (Å²) in [6.07, 6.45) is 3.45. The van der Waals surface area contributed by atoms with Crippen LogP contribution in [-0.4, -0.2) is 18.6 Å². The van der Waals surface area contributed by atoms with Crippen molar-refractivity contribution in [2.75, 3.05) is 18.2 Å². The van der Waals surface area contributed by atoms with Crippen LogP contribution in [0.4, 0.5) is 11.4 Å². The van der Waals surface area contributed by atoms with Crippen LogP contribution in [0.25, 0.3) is 0 Å². The van der Waals surface area contributed by atoms with Crippen LogP contribution in [0.3, 0.4) is 0 Å². The van der Waals surface area contributed by atoms with Crippen LogP contribution in [0.5, 0.6) is 0 Å². The van der Waals surface area contributed by atoms with E-state index in [4.69, 9.17) is 10.5 Å². The third kappa shape index (κ3) is 2.64. The number of carbonyl (C=O) groups excluding carboxylic acids is 1. The van der Waals surface area contributed by atoms with Crippen molar-refractivity contribution in [3.63, 3.8) is 0 Å². The van der Waals surface area contributed by atoms with E-state index in [2.05, 4.69) is 5.32 Å². The number of amides is 1. The Bertz CT molecular complexity index is 448. The van der Waals surface area contributed by atoms with Gasteiger partial charge in [0.1, 0.15) is 0 Å². The van der Waals surface area contributed by atoms with E-state index in [9.17, 15) is 4.79 Å². The van der Waals surface area contributed by atoms with Gasteiger partial charge in [-0.05, 0) is 43.9 Å². The van der Waals surface area contributed by atoms with E-state index in [1.165, 1.54) is 0 Å². The van der Waals surface area contributed by atoms with E-state index in [1.807, 2.05) is 19.1 Å². The Balaban J connectivity index is 2.00. The number of hydrogen-bond donors (Lipinski definition) is 2. The maximum Gasteiger partial charge on any atom is 0.227 e. The van der Waals surface area contributed by atoms with Crippen LogP contribution >= 0.6 is 0 Å². The molecule has 98 valence electrons. The summed E-state index contributed by atoms with van der Waals surface area (Å²) in [5.74, 6) is -0.0335. The quantitative estimate of drug-likeness (QED) is 0.804. The molecule has 4 nitrogen and oxygen atoms in total. The van der Waals surface area contributed by atoms with E-state index in [-0.39, 0.29) is 11.5 Å². The zero-order valence-corrected chi connectivity index (χ0v) is 11.0. The van der Waals surface area contributed by atoms with Gasteiger partial charge in [0.2, 0.25) is 5.91 Å². The molecule has 3 N–H and O–H groups in total. The summed E-state index contributed by atoms with van der Waals surface area (Å²) >= 11 is 0. The van der Waals surface area contributed by atoms with E-state index >= 15 is 0 Å². The fourth-order valence-electron chi connectivity index (χ4n) is 2.29. The van der Waals surface area contributed by atoms with Gasteiger partial charge in [0.25, 0.3) is 0 Å². The normalized spacial score (nSPS) is 17.0. The number of rotatable bonds is 4. The summed E-state index contributed by atoms with van der Waals surface area (Å²) in [6, 6.07) is 5.61. The summed E-state index contributed by atoms with van der Waals surface area (Å²) in [5.41, 5.74) is 7.94. The summed E-state index contributed by atoms with van der Waals surface area (Å²) in [6.45, 7) is 1.97. The number of nitrogen functional groups attached to an aromatic ring is 1. The SMILES string of the molecule is COC1(CC(=O)Nc2cc(C)ccc2N)CCC1. The standard InChI is InChI=1S/C14H20N2O2/c1-10-4-5-11(15)12(8-10)16-13(17)9-14(18-2)6-3-7-14/h4-5,8H,3,6-7,9,15H2,1-2H3,(H,16,17). The first-order valence-corrected chi connectivity index (χ1v) is 6.26. The summed E-state index contributed by atoms with van der Waals surface area (Å²) in [5, 5.41) is 2.87. The molecule has 0 unspecified atom stereocenters. The summed E-state index contributed by atoms with van der Waals surface area (Å²) < 4.78 is 5.44. The molecule has 0 saturated heterocycles. The maximum atomic E-state index is 12.0. The number of nitrogens with two attached hydrogens (primary N) is 1. The molecule has 1 aromatic carbocycles. The van der Waals surface area contributed by atoms with Gasteiger partial charge in [-0.3, -0.25) is 4.79 Å². The van der Waals surface area contributed by atoms with Gasteiger partial charge < -0.3 is 15.8 Å². The van der Waals surface area contributed by atoms with Gasteiger partial charge in [-0.25, -0.2) is 0 Å². The van der Waals surface area contributed by atoms with Crippen molar-refractivity contribution in [3.8, 4) is 0 Å². The lowest BCUT2D eigenvalue weighted by atomic mass is 9.77. The van der Waals surface area contributed by atoms with Gasteiger partial charge in [0, 0.05) is 7.11 Å². The number of hydrogen-bond acceptors (Lipinski definition) is 3. The predicted octanol–water partition coefficient (Wildman–Crippen LogP) is 2.47. The van der Waals surface area contributed by atoms with Gasteiger partial charge in [-0.2, -0.15) is 0 Å². The van der Waals surface area contributed by atoms with Crippen LogP contribution in [-0.2, 0) is 9.53 Å². The molecule has 1 aliphatic rings. The molecule has 1 fully saturated rings. The van der Waals surface area contributed by atoms with E-state index < -0.39 is 0 Å². The van der Waals surface area contributed by atoms with Gasteiger partial charge in [-0.1, -0.05) is 6.07 Å². The fraction of sp³-hybridized carbons (Fsp3) is 0.500. The number of aryl methyl sites for hydroxylation is 1. The third-order valence-corrected chi connectivity index (χ3v) is 3.66. The molecule has 0 atom stereocenters. The first kappa shape index (κ1) is 12.9. The molecule has 1 aliphatic carbocycles. The Morgan fingerprint density at radius 2 is 2.22 bits per heavy atom. The highest BCUT2D eigenvalue weighted by molar-refractivity contribution is 5.94. The van der Waals surface area contributed by atoms with Gasteiger partial charge >= 0.3 is 0 Å². The molecule has 2 rings (SSSR count). The van der Waals surface area contributed by atoms with E-state index in [0.717, 1.165) is 24.8 Å². The minimum absolute atomic E-state index is 0.0335. The van der Waals surface area contributed by atoms with Crippen LogP contribution in [0.15, 0.2) is 18.2 Å². The lowest BCUT2D eigenvalue weighted by molar-refractivity contribution is -0.129. The smallest absolute Gasteiger partial charge is 0.227 e. The van der Waals surface area contributed by atoms with Crippen molar-refractivity contribution in [3.05, 3.63) is 23.8 Å². The molecule has 1 amide bonds. The zero-order chi connectivity index (χ0) is 13.2. The predicted molar refractivity (Wildman–Crippen MR) is 72.4 cm³/mol. The van der Waals surface area contributed by atoms with Crippen LogP contribution < -0.4 is 11.1 Å². The zero-order valence-electron chi connectivity index (χ0n) is 11.0. The Hall–Kier alpha value is -1.55. The molecule has 0 spiro atoms. The van der Waals surface area contributed by atoms with Crippen molar-refractivity contribution in [2.24, 2.45) is 0 Å². The Morgan fingerprint density at radius 3 is 2.78 bits per heavy atom. The number of nitrogens with one attached hydrogen (secondary N) is 1. The van der Waals surface area contributed by atoms with Crippen molar-refractivity contribution in [2.45, 2.75) is 38.2 Å². The topological polar surface area (TPSA) is 64.3 Å². The highest BCUT2D eigenvalue weighted by atomic mass is 16.5. The second-order valence-corrected chi connectivity index (χ2v) is 5.06. The molecule has 0 bridgehead atoms. The average molecular weight is 248 g/mol. The monoisotopic (exact) mass is 248 g/mol. The highest BCUT2D eigenvalue weighted by Crippen LogP contribution is 2.38. The first-order valence-electron chi connectivity index (χ1n) is 6.26. The average Bonchev–Trinajstić information content (AvgIpc) is 2.28. The van der Waals surface area contributed by atoms with E-state index in [1.54, 1.807) is 13.2 Å². The molecule has 0 heterocycles. The van der Waals surface area contributed by atoms with Crippen LogP contribution in [0, 0.1) is 6.92 Å². The number of ether oxygens (including phenoxy) is 1. The molecule has 4 heteroatoms. The van der Waals surface area contributed by atoms with Crippen LogP contribution in [0.1, 0.15) is 31.2 Å². The van der Waals surface area contributed by atoms with Gasteiger partial charge in [0.05, 0.1) is 23.4 Å². The van der Waals surface area contributed by atoms with E-state index in [0.29, 0.717) is 17.8 Å². The number of methoxy groups -OCH3 is 1. The maximum absolute atomic E-state index is 12.0. The highest BCUT2D eigenvalue weighted by Gasteiger charge is 2.39. The minimum atomic E-state index is -0.247. The molecular weight excluding hydrogens is 228 g/mol. The minimum Gasteiger partial charge on any atom is -0.397 e. The Kier molecular flexibility index (Phi) is 3.57. The lowest BCUT2D eigenvalue weighted by Crippen LogP contribution is -2.42. The van der Waals surface area contributed by atoms with Crippen molar-refractivity contribution in [1.82, 2.24) is 0 Å². The second kappa shape index (κ2) is 4.98. The molecular formula is C14H20N2O2. The number of benzene rings is 1. The van der Waals surface area contributed by atoms with Gasteiger partial charge in [-0.15, -0.1) is 0 Å². The lowest BCUT2D eigenvalue weighted by Gasteiger charge is -2.39. The van der Waals surface area contributed by atoms with Gasteiger partial charge in [0.15, 0.2) is 0 Å².